The molecule has 99 heavy (non-hydrogen) atoms. The molecule has 0 aromatic rings. The van der Waals surface area contributed by atoms with Crippen LogP contribution in [0.15, 0.2) is 158 Å². The molecule has 0 fully saturated rings. The summed E-state index contributed by atoms with van der Waals surface area (Å²) in [7, 11) is -9.81. The van der Waals surface area contributed by atoms with Crippen LogP contribution in [0.5, 0.6) is 0 Å². The number of esters is 3. The maximum Gasteiger partial charge on any atom is 0.472 e. The first kappa shape index (κ1) is 94.2. The van der Waals surface area contributed by atoms with Crippen LogP contribution in [0.3, 0.4) is 0 Å². The quantitative estimate of drug-likeness (QED) is 0.0146. The Kier molecular flexibility index (Phi) is 69.4. The predicted molar refractivity (Wildman–Crippen MR) is 408 cm³/mol. The van der Waals surface area contributed by atoms with Crippen LogP contribution in [-0.4, -0.2) is 95.9 Å². The van der Waals surface area contributed by atoms with E-state index in [4.69, 9.17) is 32.3 Å². The smallest absolute Gasteiger partial charge is 0.463 e. The van der Waals surface area contributed by atoms with Crippen molar-refractivity contribution in [3.05, 3.63) is 158 Å². The number of hydrogen-bond acceptors (Lipinski definition) is 14. The average Bonchev–Trinajstić information content (AvgIpc) is 2.16. The lowest BCUT2D eigenvalue weighted by Gasteiger charge is -2.21. The molecule has 0 aliphatic carbocycles. The van der Waals surface area contributed by atoms with Crippen molar-refractivity contribution in [2.45, 2.75) is 296 Å². The number of carbonyl (C=O) groups excluding carboxylic acids is 3. The summed E-state index contributed by atoms with van der Waals surface area (Å²) in [5.41, 5.74) is 0. The minimum absolute atomic E-state index is 0.0659. The van der Waals surface area contributed by atoms with Gasteiger partial charge in [0, 0.05) is 19.3 Å². The molecule has 5 unspecified atom stereocenters. The van der Waals surface area contributed by atoms with Crippen molar-refractivity contribution in [3.8, 4) is 0 Å². The van der Waals surface area contributed by atoms with Gasteiger partial charge in [-0.25, -0.2) is 9.13 Å². The van der Waals surface area contributed by atoms with Crippen LogP contribution in [0.1, 0.15) is 278 Å². The molecule has 0 rings (SSSR count). The summed E-state index contributed by atoms with van der Waals surface area (Å²) in [5, 5.41) is 20.6. The van der Waals surface area contributed by atoms with Crippen molar-refractivity contribution in [2.24, 2.45) is 0 Å². The SMILES string of the molecule is CC/C=C\C/C=C\C/C=C\C/C=C\C/C=C\CCCCCCCC(=O)OCC(COP(=O)(O)OCC(O)COP(=O)(O)OCC(O)COC(=O)CCCCCCCCCCC/C=C\C/C=C\C/C=C\C/C=C\CCCCC)OC(=O)CCCCCC/C=C\C/C=C\C/C=C\C/C=C\CC. The molecular formula is C81H134O16P2. The highest BCUT2D eigenvalue weighted by Crippen LogP contribution is 2.45. The fourth-order valence-electron chi connectivity index (χ4n) is 9.51. The number of carbonyl (C=O) groups is 3. The van der Waals surface area contributed by atoms with Crippen molar-refractivity contribution < 1.29 is 75.8 Å². The van der Waals surface area contributed by atoms with Crippen molar-refractivity contribution in [3.63, 3.8) is 0 Å². The Morgan fingerprint density at radius 3 is 0.848 bits per heavy atom. The van der Waals surface area contributed by atoms with E-state index in [0.29, 0.717) is 19.3 Å². The van der Waals surface area contributed by atoms with Gasteiger partial charge in [0.2, 0.25) is 0 Å². The molecule has 0 bridgehead atoms. The summed E-state index contributed by atoms with van der Waals surface area (Å²) in [4.78, 5) is 58.6. The van der Waals surface area contributed by atoms with Crippen LogP contribution in [0.2, 0.25) is 0 Å². The summed E-state index contributed by atoms with van der Waals surface area (Å²) >= 11 is 0. The zero-order valence-corrected chi connectivity index (χ0v) is 63.1. The molecule has 0 aliphatic rings. The number of aliphatic hydroxyl groups is 2. The van der Waals surface area contributed by atoms with Gasteiger partial charge in [-0.3, -0.25) is 32.5 Å². The zero-order chi connectivity index (χ0) is 72.3. The number of ether oxygens (including phenoxy) is 3. The second-order valence-electron chi connectivity index (χ2n) is 24.7. The predicted octanol–water partition coefficient (Wildman–Crippen LogP) is 21.9. The van der Waals surface area contributed by atoms with Gasteiger partial charge in [0.15, 0.2) is 6.10 Å². The Bertz CT molecular complexity index is 2430. The van der Waals surface area contributed by atoms with E-state index in [0.717, 1.165) is 167 Å². The van der Waals surface area contributed by atoms with Gasteiger partial charge in [0.25, 0.3) is 0 Å². The first-order valence-electron chi connectivity index (χ1n) is 37.8. The summed E-state index contributed by atoms with van der Waals surface area (Å²) in [6.45, 7) is 2.35. The molecule has 0 aromatic heterocycles. The van der Waals surface area contributed by atoms with E-state index in [1.165, 1.54) is 51.4 Å². The average molecular weight is 1430 g/mol. The molecule has 0 amide bonds. The minimum atomic E-state index is -4.95. The molecule has 5 atom stereocenters. The summed E-state index contributed by atoms with van der Waals surface area (Å²) in [6, 6.07) is 0. The largest absolute Gasteiger partial charge is 0.472 e. The van der Waals surface area contributed by atoms with Crippen molar-refractivity contribution >= 4 is 33.6 Å². The number of phosphoric ester groups is 2. The van der Waals surface area contributed by atoms with Gasteiger partial charge in [-0.05, 0) is 148 Å². The molecule has 0 saturated carbocycles. The molecule has 0 radical (unpaired) electrons. The molecule has 0 heterocycles. The van der Waals surface area contributed by atoms with E-state index >= 15 is 0 Å². The van der Waals surface area contributed by atoms with Crippen molar-refractivity contribution in [1.29, 1.82) is 0 Å². The molecule has 4 N–H and O–H groups in total. The van der Waals surface area contributed by atoms with E-state index in [1.807, 2.05) is 0 Å². The number of hydrogen-bond donors (Lipinski definition) is 4. The highest BCUT2D eigenvalue weighted by Gasteiger charge is 2.29. The van der Waals surface area contributed by atoms with Gasteiger partial charge >= 0.3 is 33.6 Å². The molecule has 564 valence electrons. The Morgan fingerprint density at radius 1 is 0.293 bits per heavy atom. The maximum atomic E-state index is 13.0. The number of phosphoric acid groups is 2. The third-order valence-electron chi connectivity index (χ3n) is 15.2. The van der Waals surface area contributed by atoms with E-state index in [9.17, 15) is 43.5 Å². The Morgan fingerprint density at radius 2 is 0.535 bits per heavy atom. The highest BCUT2D eigenvalue weighted by atomic mass is 31.2. The Hall–Kier alpha value is -4.83. The summed E-state index contributed by atoms with van der Waals surface area (Å²) in [5.74, 6) is -1.64. The van der Waals surface area contributed by atoms with Crippen LogP contribution >= 0.6 is 15.6 Å². The Labute approximate surface area is 600 Å². The second-order valence-corrected chi connectivity index (χ2v) is 27.6. The maximum absolute atomic E-state index is 13.0. The summed E-state index contributed by atoms with van der Waals surface area (Å²) < 4.78 is 61.1. The third kappa shape index (κ3) is 74.2. The standard InChI is InChI=1S/C81H134O16P2/c1-4-7-10-13-16-19-22-25-28-31-33-35-36-37-38-40-42-44-46-49-52-55-58-61-64-67-79(84)91-70-76(82)71-93-98(87,88)94-72-77(83)73-95-99(89,90)96-75-78(97-81(86)69-66-63-60-57-54-51-48-43-30-27-24-21-18-15-12-9-6-3)74-92-80(85)68-65-62-59-56-53-50-47-45-41-39-34-32-29-26-23-20-17-14-11-8-5-2/h8-9,11-12,16-21,25-30,33-35,37-39,45,47-48,51,76-78,82-83H,4-7,10,13-15,22-24,31-32,36,40-44,46,49-50,52-75H2,1-3H3,(H,87,88)(H,89,90)/b11-8-,12-9-,19-16-,20-17-,21-18-,28-25-,29-26-,30-27-,35-33-,38-37-,39-34-,47-45-,51-48-. The molecule has 16 nitrogen and oxygen atoms in total. The van der Waals surface area contributed by atoms with Crippen LogP contribution in [0.4, 0.5) is 0 Å². The van der Waals surface area contributed by atoms with E-state index in [-0.39, 0.29) is 19.3 Å². The van der Waals surface area contributed by atoms with Gasteiger partial charge in [0.1, 0.15) is 25.4 Å². The second kappa shape index (κ2) is 72.9. The van der Waals surface area contributed by atoms with Gasteiger partial charge in [-0.1, -0.05) is 269 Å². The lowest BCUT2D eigenvalue weighted by molar-refractivity contribution is -0.161. The van der Waals surface area contributed by atoms with Gasteiger partial charge < -0.3 is 34.2 Å². The van der Waals surface area contributed by atoms with Crippen LogP contribution < -0.4 is 0 Å². The van der Waals surface area contributed by atoms with Gasteiger partial charge in [0.05, 0.1) is 26.4 Å². The topological polar surface area (TPSA) is 231 Å². The number of rotatable bonds is 70. The fraction of sp³-hybridized carbons (Fsp3) is 0.642. The molecule has 0 spiro atoms. The Balaban J connectivity index is 4.68. The van der Waals surface area contributed by atoms with Crippen LogP contribution in [0, 0.1) is 0 Å². The van der Waals surface area contributed by atoms with E-state index in [2.05, 4.69) is 179 Å². The van der Waals surface area contributed by atoms with E-state index in [1.54, 1.807) is 0 Å². The zero-order valence-electron chi connectivity index (χ0n) is 61.4. The number of allylic oxidation sites excluding steroid dienone is 26. The van der Waals surface area contributed by atoms with Crippen LogP contribution in [-0.2, 0) is 55.8 Å². The molecule has 18 heteroatoms. The molecule has 0 aliphatic heterocycles. The molecular weight excluding hydrogens is 1290 g/mol. The lowest BCUT2D eigenvalue weighted by atomic mass is 10.1. The molecule has 0 aromatic carbocycles. The van der Waals surface area contributed by atoms with Gasteiger partial charge in [-0.2, -0.15) is 0 Å². The summed E-state index contributed by atoms with van der Waals surface area (Å²) in [6.07, 6.45) is 89.9. The molecule has 0 saturated heterocycles. The van der Waals surface area contributed by atoms with Crippen molar-refractivity contribution in [2.75, 3.05) is 39.6 Å². The van der Waals surface area contributed by atoms with Crippen molar-refractivity contribution in [1.82, 2.24) is 0 Å². The fourth-order valence-corrected chi connectivity index (χ4v) is 11.1. The monoisotopic (exact) mass is 1420 g/mol. The minimum Gasteiger partial charge on any atom is -0.463 e. The number of unbranched alkanes of at least 4 members (excludes halogenated alkanes) is 21. The normalized spacial score (nSPS) is 14.9. The third-order valence-corrected chi connectivity index (χ3v) is 17.1. The lowest BCUT2D eigenvalue weighted by Crippen LogP contribution is -2.30. The first-order valence-corrected chi connectivity index (χ1v) is 40.8. The van der Waals surface area contributed by atoms with Crippen LogP contribution in [0.25, 0.3) is 0 Å². The highest BCUT2D eigenvalue weighted by molar-refractivity contribution is 7.47. The first-order chi connectivity index (χ1) is 48.2. The van der Waals surface area contributed by atoms with E-state index < -0.39 is 91.5 Å². The number of aliphatic hydroxyl groups excluding tert-OH is 2. The van der Waals surface area contributed by atoms with Gasteiger partial charge in [-0.15, -0.1) is 0 Å².